The molecule has 0 radical (unpaired) electrons. The van der Waals surface area contributed by atoms with Gasteiger partial charge in [-0.25, -0.2) is 0 Å². The Labute approximate surface area is 171 Å². The monoisotopic (exact) mass is 406 g/mol. The van der Waals surface area contributed by atoms with Crippen LogP contribution in [-0.4, -0.2) is 15.1 Å². The molecule has 4 rings (SSSR count). The van der Waals surface area contributed by atoms with Crippen LogP contribution in [0.1, 0.15) is 35.3 Å². The fourth-order valence-electron chi connectivity index (χ4n) is 3.02. The van der Waals surface area contributed by atoms with E-state index in [4.69, 9.17) is 4.42 Å². The van der Waals surface area contributed by atoms with Crippen molar-refractivity contribution in [1.29, 1.82) is 0 Å². The van der Waals surface area contributed by atoms with Crippen molar-refractivity contribution in [2.45, 2.75) is 19.0 Å². The average Bonchev–Trinajstić information content (AvgIpc) is 3.45. The second-order valence-electron chi connectivity index (χ2n) is 6.50. The molecule has 0 aliphatic carbocycles. The molecule has 2 aromatic carbocycles. The maximum absolute atomic E-state index is 10.8. The third kappa shape index (κ3) is 4.23. The molecule has 7 nitrogen and oxygen atoms in total. The molecule has 29 heavy (non-hydrogen) atoms. The molecule has 8 heteroatoms. The van der Waals surface area contributed by atoms with Crippen LogP contribution in [0.5, 0.6) is 0 Å². The van der Waals surface area contributed by atoms with E-state index in [0.717, 1.165) is 5.56 Å². The summed E-state index contributed by atoms with van der Waals surface area (Å²) in [4.78, 5) is 11.6. The van der Waals surface area contributed by atoms with Crippen molar-refractivity contribution >= 4 is 17.0 Å². The van der Waals surface area contributed by atoms with Gasteiger partial charge in [-0.15, -0.1) is 21.5 Å². The zero-order valence-corrected chi connectivity index (χ0v) is 16.4. The lowest BCUT2D eigenvalue weighted by molar-refractivity contribution is -0.384. The molecule has 0 amide bonds. The van der Waals surface area contributed by atoms with Crippen LogP contribution in [0.25, 0.3) is 11.5 Å². The molecule has 0 saturated heterocycles. The first kappa shape index (κ1) is 19.0. The largest absolute Gasteiger partial charge is 0.419 e. The van der Waals surface area contributed by atoms with Crippen molar-refractivity contribution in [3.63, 3.8) is 0 Å². The number of nitro benzene ring substituents is 1. The fraction of sp³-hybridized carbons (Fsp3) is 0.143. The molecule has 1 N–H and O–H groups in total. The smallest absolute Gasteiger partial charge is 0.269 e. The first-order valence-electron chi connectivity index (χ1n) is 9.04. The van der Waals surface area contributed by atoms with Crippen molar-refractivity contribution in [2.24, 2.45) is 0 Å². The predicted octanol–water partition coefficient (Wildman–Crippen LogP) is 5.15. The zero-order chi connectivity index (χ0) is 20.2. The summed E-state index contributed by atoms with van der Waals surface area (Å²) in [5, 5.41) is 24.7. The van der Waals surface area contributed by atoms with Gasteiger partial charge in [0.2, 0.25) is 11.8 Å². The number of hydrogen-bond donors (Lipinski definition) is 1. The molecule has 0 fully saturated rings. The average molecular weight is 406 g/mol. The fourth-order valence-corrected chi connectivity index (χ4v) is 3.83. The Morgan fingerprint density at radius 3 is 2.45 bits per heavy atom. The molecule has 2 atom stereocenters. The lowest BCUT2D eigenvalue weighted by Crippen LogP contribution is -2.25. The number of thiophene rings is 1. The Balaban J connectivity index is 1.55. The number of non-ortho nitro benzene ring substituents is 1. The summed E-state index contributed by atoms with van der Waals surface area (Å²) in [5.41, 5.74) is 1.81. The van der Waals surface area contributed by atoms with Gasteiger partial charge in [-0.05, 0) is 36.1 Å². The van der Waals surface area contributed by atoms with Crippen molar-refractivity contribution in [1.82, 2.24) is 15.5 Å². The van der Waals surface area contributed by atoms with Crippen LogP contribution in [0.2, 0.25) is 0 Å². The lowest BCUT2D eigenvalue weighted by atomic mass is 10.0. The van der Waals surface area contributed by atoms with E-state index in [9.17, 15) is 10.1 Å². The first-order valence-corrected chi connectivity index (χ1v) is 9.92. The van der Waals surface area contributed by atoms with E-state index >= 15 is 0 Å². The third-order valence-corrected chi connectivity index (χ3v) is 5.45. The first-order chi connectivity index (χ1) is 14.1. The van der Waals surface area contributed by atoms with Gasteiger partial charge >= 0.3 is 0 Å². The molecule has 0 spiro atoms. The Bertz CT molecular complexity index is 1080. The minimum Gasteiger partial charge on any atom is -0.419 e. The van der Waals surface area contributed by atoms with Crippen LogP contribution in [0, 0.1) is 10.1 Å². The molecule has 0 aliphatic rings. The highest BCUT2D eigenvalue weighted by Gasteiger charge is 2.22. The molecular weight excluding hydrogens is 388 g/mol. The van der Waals surface area contributed by atoms with Gasteiger partial charge in [-0.2, -0.15) is 0 Å². The number of nitro groups is 1. The summed E-state index contributed by atoms with van der Waals surface area (Å²) in [6.45, 7) is 1.97. The molecule has 2 heterocycles. The molecule has 0 bridgehead atoms. The minimum atomic E-state index is -0.441. The number of aromatic nitrogens is 2. The van der Waals surface area contributed by atoms with E-state index in [1.165, 1.54) is 17.0 Å². The number of rotatable bonds is 7. The summed E-state index contributed by atoms with van der Waals surface area (Å²) in [5.74, 6) is 0.784. The van der Waals surface area contributed by atoms with Crippen LogP contribution < -0.4 is 5.32 Å². The Hall–Kier alpha value is -3.36. The quantitative estimate of drug-likeness (QED) is 0.337. The minimum absolute atomic E-state index is 0.000856. The number of benzene rings is 2. The van der Waals surface area contributed by atoms with E-state index in [1.807, 2.05) is 31.2 Å². The van der Waals surface area contributed by atoms with Gasteiger partial charge in [0.25, 0.3) is 5.69 Å². The summed E-state index contributed by atoms with van der Waals surface area (Å²) in [6.07, 6.45) is 0. The van der Waals surface area contributed by atoms with Crippen molar-refractivity contribution < 1.29 is 9.34 Å². The van der Waals surface area contributed by atoms with Gasteiger partial charge in [-0.1, -0.05) is 36.4 Å². The number of nitrogens with one attached hydrogen (secondary N) is 1. The molecule has 2 aromatic heterocycles. The third-order valence-electron chi connectivity index (χ3n) is 4.51. The van der Waals surface area contributed by atoms with Gasteiger partial charge in [-0.3, -0.25) is 15.4 Å². The Morgan fingerprint density at radius 1 is 1.03 bits per heavy atom. The van der Waals surface area contributed by atoms with Crippen LogP contribution >= 0.6 is 11.3 Å². The normalized spacial score (nSPS) is 13.1. The van der Waals surface area contributed by atoms with Gasteiger partial charge in [0.05, 0.1) is 17.0 Å². The predicted molar refractivity (Wildman–Crippen MR) is 111 cm³/mol. The van der Waals surface area contributed by atoms with Crippen molar-refractivity contribution in [3.8, 4) is 11.5 Å². The van der Waals surface area contributed by atoms with Crippen LogP contribution in [0.3, 0.4) is 0 Å². The Kier molecular flexibility index (Phi) is 5.46. The summed E-state index contributed by atoms with van der Waals surface area (Å²) >= 11 is 1.68. The van der Waals surface area contributed by atoms with Crippen LogP contribution in [-0.2, 0) is 0 Å². The Morgan fingerprint density at radius 2 is 1.79 bits per heavy atom. The van der Waals surface area contributed by atoms with Gasteiger partial charge in [0, 0.05) is 22.6 Å². The molecule has 0 aliphatic heterocycles. The molecule has 4 aromatic rings. The highest BCUT2D eigenvalue weighted by Crippen LogP contribution is 2.29. The van der Waals surface area contributed by atoms with Gasteiger partial charge in [0.1, 0.15) is 0 Å². The topological polar surface area (TPSA) is 94.1 Å². The zero-order valence-electron chi connectivity index (χ0n) is 15.6. The highest BCUT2D eigenvalue weighted by molar-refractivity contribution is 7.10. The van der Waals surface area contributed by atoms with E-state index in [0.29, 0.717) is 17.3 Å². The molecule has 146 valence electrons. The van der Waals surface area contributed by atoms with Gasteiger partial charge in [0.15, 0.2) is 0 Å². The van der Waals surface area contributed by atoms with Crippen molar-refractivity contribution in [2.75, 3.05) is 0 Å². The molecular formula is C21H18N4O3S. The number of hydrogen-bond acceptors (Lipinski definition) is 7. The lowest BCUT2D eigenvalue weighted by Gasteiger charge is -2.21. The standard InChI is InChI=1S/C21H18N4O3S/c1-14(22-19(18-8-5-13-29-18)15-6-3-2-4-7-15)20-23-24-21(28-20)16-9-11-17(12-10-16)25(26)27/h2-14,19,22H,1H3/t14-,19-/m0/s1. The maximum Gasteiger partial charge on any atom is 0.269 e. The summed E-state index contributed by atoms with van der Waals surface area (Å²) in [7, 11) is 0. The summed E-state index contributed by atoms with van der Waals surface area (Å²) in [6, 6.07) is 20.2. The van der Waals surface area contributed by atoms with Gasteiger partial charge < -0.3 is 4.42 Å². The second kappa shape index (κ2) is 8.34. The van der Waals surface area contributed by atoms with Crippen LogP contribution in [0.4, 0.5) is 5.69 Å². The van der Waals surface area contributed by atoms with Crippen molar-refractivity contribution in [3.05, 3.63) is 98.6 Å². The van der Waals surface area contributed by atoms with Crippen LogP contribution in [0.15, 0.2) is 76.5 Å². The van der Waals surface area contributed by atoms with E-state index in [1.54, 1.807) is 23.5 Å². The summed E-state index contributed by atoms with van der Waals surface area (Å²) < 4.78 is 5.83. The molecule has 0 unspecified atom stereocenters. The SMILES string of the molecule is C[C@H](N[C@@H](c1ccccc1)c1cccs1)c1nnc(-c2ccc([N+](=O)[O-])cc2)o1. The van der Waals surface area contributed by atoms with E-state index in [-0.39, 0.29) is 17.8 Å². The molecule has 0 saturated carbocycles. The second-order valence-corrected chi connectivity index (χ2v) is 7.48. The highest BCUT2D eigenvalue weighted by atomic mass is 32.1. The maximum atomic E-state index is 10.8. The van der Waals surface area contributed by atoms with E-state index in [2.05, 4.69) is 39.1 Å². The van der Waals surface area contributed by atoms with E-state index < -0.39 is 4.92 Å². The number of nitrogens with zero attached hydrogens (tertiary/aromatic N) is 3.